The van der Waals surface area contributed by atoms with Crippen LogP contribution in [0.5, 0.6) is 0 Å². The van der Waals surface area contributed by atoms with Gasteiger partial charge in [-0.3, -0.25) is 0 Å². The van der Waals surface area contributed by atoms with Crippen molar-refractivity contribution >= 4 is 11.0 Å². The summed E-state index contributed by atoms with van der Waals surface area (Å²) in [6.07, 6.45) is 1.74. The van der Waals surface area contributed by atoms with Crippen molar-refractivity contribution in [2.75, 3.05) is 0 Å². The maximum atomic E-state index is 10.8. The molecule has 0 aliphatic heterocycles. The van der Waals surface area contributed by atoms with Gasteiger partial charge in [-0.2, -0.15) is 0 Å². The summed E-state index contributed by atoms with van der Waals surface area (Å²) < 4.78 is 1.82. The summed E-state index contributed by atoms with van der Waals surface area (Å²) >= 11 is 0. The highest BCUT2D eigenvalue weighted by molar-refractivity contribution is 5.96. The number of aryl methyl sites for hydroxylation is 2. The lowest BCUT2D eigenvalue weighted by Crippen LogP contribution is -1.99. The van der Waals surface area contributed by atoms with E-state index in [9.17, 15) is 5.11 Å². The van der Waals surface area contributed by atoms with Crippen LogP contribution in [0.2, 0.25) is 0 Å². The van der Waals surface area contributed by atoms with Crippen LogP contribution < -0.4 is 0 Å². The molecule has 33 heavy (non-hydrogen) atoms. The van der Waals surface area contributed by atoms with E-state index in [1.54, 1.807) is 0 Å². The van der Waals surface area contributed by atoms with Gasteiger partial charge >= 0.3 is 0 Å². The lowest BCUT2D eigenvalue weighted by Gasteiger charge is -2.13. The summed E-state index contributed by atoms with van der Waals surface area (Å²) in [6, 6.07) is 22.2. The van der Waals surface area contributed by atoms with Crippen molar-refractivity contribution in [3.05, 3.63) is 89.4 Å². The molecule has 3 aromatic carbocycles. The minimum atomic E-state index is -0.651. The number of aliphatic hydroxyl groups excluding tert-OH is 1. The number of aromatic nitrogens is 5. The van der Waals surface area contributed by atoms with Gasteiger partial charge in [0.25, 0.3) is 0 Å². The summed E-state index contributed by atoms with van der Waals surface area (Å²) in [6.45, 7) is 1.98. The molecule has 6 rings (SSSR count). The molecule has 1 saturated carbocycles. The Bertz CT molecular complexity index is 1430. The Kier molecular flexibility index (Phi) is 4.62. The second-order valence-corrected chi connectivity index (χ2v) is 8.90. The largest absolute Gasteiger partial charge is 0.384 e. The fourth-order valence-corrected chi connectivity index (χ4v) is 4.57. The minimum absolute atomic E-state index is 0.539. The second-order valence-electron chi connectivity index (χ2n) is 8.90. The summed E-state index contributed by atoms with van der Waals surface area (Å²) in [4.78, 5) is 8.54. The molecule has 1 aliphatic rings. The maximum absolute atomic E-state index is 10.8. The van der Waals surface area contributed by atoms with Gasteiger partial charge in [-0.1, -0.05) is 59.8 Å². The van der Waals surface area contributed by atoms with Crippen LogP contribution in [0.4, 0.5) is 0 Å². The summed E-state index contributed by atoms with van der Waals surface area (Å²) in [5.41, 5.74) is 8.83. The van der Waals surface area contributed by atoms with E-state index < -0.39 is 6.10 Å². The standard InChI is InChI=1S/C27H25N5O/c1-16-25(32(2)31-30-16)21-14-22(24-23(15-21)28-27(29-24)20-12-13-20)17-8-10-19(11-9-17)26(33)18-6-4-3-5-7-18/h3-11,14-15,20,26,33H,12-13H2,1-2H3,(H,28,29). The quantitative estimate of drug-likeness (QED) is 0.393. The molecule has 2 N–H and O–H groups in total. The molecular weight excluding hydrogens is 410 g/mol. The zero-order valence-corrected chi connectivity index (χ0v) is 18.7. The summed E-state index contributed by atoms with van der Waals surface area (Å²) in [7, 11) is 1.92. The fourth-order valence-electron chi connectivity index (χ4n) is 4.57. The molecule has 1 atom stereocenters. The number of fused-ring (bicyclic) bond motifs is 1. The van der Waals surface area contributed by atoms with Crippen molar-refractivity contribution < 1.29 is 5.11 Å². The van der Waals surface area contributed by atoms with Crippen LogP contribution >= 0.6 is 0 Å². The number of rotatable bonds is 5. The normalized spacial score (nSPS) is 14.6. The van der Waals surface area contributed by atoms with Crippen molar-refractivity contribution in [2.45, 2.75) is 31.8 Å². The van der Waals surface area contributed by atoms with Gasteiger partial charge in [0.1, 0.15) is 11.9 Å². The van der Waals surface area contributed by atoms with Crippen LogP contribution in [0, 0.1) is 6.92 Å². The van der Waals surface area contributed by atoms with Crippen LogP contribution in [0.25, 0.3) is 33.4 Å². The van der Waals surface area contributed by atoms with Crippen molar-refractivity contribution in [2.24, 2.45) is 7.05 Å². The van der Waals surface area contributed by atoms with E-state index in [4.69, 9.17) is 4.98 Å². The molecule has 2 heterocycles. The highest BCUT2D eigenvalue weighted by atomic mass is 16.3. The number of hydrogen-bond acceptors (Lipinski definition) is 4. The number of nitrogens with zero attached hydrogens (tertiary/aromatic N) is 4. The molecule has 0 amide bonds. The van der Waals surface area contributed by atoms with Gasteiger partial charge in [0, 0.05) is 24.1 Å². The van der Waals surface area contributed by atoms with Gasteiger partial charge in [-0.25, -0.2) is 9.67 Å². The highest BCUT2D eigenvalue weighted by Crippen LogP contribution is 2.41. The van der Waals surface area contributed by atoms with Gasteiger partial charge in [0.2, 0.25) is 0 Å². The van der Waals surface area contributed by atoms with E-state index in [0.29, 0.717) is 5.92 Å². The number of benzene rings is 3. The maximum Gasteiger partial charge on any atom is 0.110 e. The Balaban J connectivity index is 1.47. The van der Waals surface area contributed by atoms with Gasteiger partial charge < -0.3 is 10.1 Å². The number of nitrogens with one attached hydrogen (secondary N) is 1. The second kappa shape index (κ2) is 7.67. The molecule has 0 spiro atoms. The Hall–Kier alpha value is -3.77. The molecule has 1 unspecified atom stereocenters. The van der Waals surface area contributed by atoms with Gasteiger partial charge in [-0.05, 0) is 48.6 Å². The summed E-state index contributed by atoms with van der Waals surface area (Å²) in [5.74, 6) is 1.61. The van der Waals surface area contributed by atoms with E-state index in [0.717, 1.165) is 56.1 Å². The first-order valence-electron chi connectivity index (χ1n) is 11.3. The average molecular weight is 436 g/mol. The number of hydrogen-bond donors (Lipinski definition) is 2. The lowest BCUT2D eigenvalue weighted by molar-refractivity contribution is 0.220. The zero-order chi connectivity index (χ0) is 22.5. The van der Waals surface area contributed by atoms with Crippen LogP contribution in [-0.4, -0.2) is 30.1 Å². The predicted molar refractivity (Wildman–Crippen MR) is 129 cm³/mol. The Morgan fingerprint density at radius 2 is 1.70 bits per heavy atom. The number of aliphatic hydroxyl groups is 1. The SMILES string of the molecule is Cc1nnn(C)c1-c1cc(-c2ccc(C(O)c3ccccc3)cc2)c2nc(C3CC3)[nH]c2c1. The Morgan fingerprint density at radius 3 is 2.36 bits per heavy atom. The van der Waals surface area contributed by atoms with Crippen LogP contribution in [-0.2, 0) is 7.05 Å². The first kappa shape index (κ1) is 19.9. The van der Waals surface area contributed by atoms with E-state index in [2.05, 4.69) is 39.6 Å². The predicted octanol–water partition coefficient (Wildman–Crippen LogP) is 5.29. The molecule has 1 aliphatic carbocycles. The third kappa shape index (κ3) is 3.52. The van der Waals surface area contributed by atoms with Gasteiger partial charge in [0.05, 0.1) is 22.4 Å². The molecule has 164 valence electrons. The molecular formula is C27H25N5O. The van der Waals surface area contributed by atoms with Gasteiger partial charge in [-0.15, -0.1) is 5.10 Å². The topological polar surface area (TPSA) is 79.6 Å². The molecule has 0 saturated heterocycles. The van der Waals surface area contributed by atoms with E-state index >= 15 is 0 Å². The molecule has 5 aromatic rings. The van der Waals surface area contributed by atoms with Crippen LogP contribution in [0.15, 0.2) is 66.7 Å². The van der Waals surface area contributed by atoms with Crippen molar-refractivity contribution in [3.8, 4) is 22.4 Å². The smallest absolute Gasteiger partial charge is 0.110 e. The monoisotopic (exact) mass is 435 g/mol. The average Bonchev–Trinajstić information content (AvgIpc) is 3.52. The van der Waals surface area contributed by atoms with E-state index in [1.165, 1.54) is 12.8 Å². The van der Waals surface area contributed by atoms with Crippen molar-refractivity contribution in [1.82, 2.24) is 25.0 Å². The molecule has 6 nitrogen and oxygen atoms in total. The number of aromatic amines is 1. The van der Waals surface area contributed by atoms with Crippen molar-refractivity contribution in [3.63, 3.8) is 0 Å². The first-order chi connectivity index (χ1) is 16.1. The minimum Gasteiger partial charge on any atom is -0.384 e. The zero-order valence-electron chi connectivity index (χ0n) is 18.7. The van der Waals surface area contributed by atoms with E-state index in [-0.39, 0.29) is 0 Å². The highest BCUT2D eigenvalue weighted by Gasteiger charge is 2.27. The fraction of sp³-hybridized carbons (Fsp3) is 0.222. The lowest BCUT2D eigenvalue weighted by atomic mass is 9.96. The van der Waals surface area contributed by atoms with E-state index in [1.807, 2.05) is 61.1 Å². The van der Waals surface area contributed by atoms with Gasteiger partial charge in [0.15, 0.2) is 0 Å². The first-order valence-corrected chi connectivity index (χ1v) is 11.3. The van der Waals surface area contributed by atoms with Crippen molar-refractivity contribution in [1.29, 1.82) is 0 Å². The van der Waals surface area contributed by atoms with Crippen LogP contribution in [0.3, 0.4) is 0 Å². The number of imidazole rings is 1. The summed E-state index contributed by atoms with van der Waals surface area (Å²) in [5, 5.41) is 19.2. The molecule has 0 radical (unpaired) electrons. The number of H-pyrrole nitrogens is 1. The molecule has 1 fully saturated rings. The molecule has 0 bridgehead atoms. The third-order valence-corrected chi connectivity index (χ3v) is 6.49. The molecule has 6 heteroatoms. The molecule has 2 aromatic heterocycles. The Morgan fingerprint density at radius 1 is 0.970 bits per heavy atom. The third-order valence-electron chi connectivity index (χ3n) is 6.49. The van der Waals surface area contributed by atoms with Crippen LogP contribution in [0.1, 0.15) is 47.5 Å². The Labute approximate surface area is 191 Å².